The predicted octanol–water partition coefficient (Wildman–Crippen LogP) is 7.47. The zero-order valence-electron chi connectivity index (χ0n) is 23.4. The van der Waals surface area contributed by atoms with Crippen molar-refractivity contribution in [1.82, 2.24) is 5.32 Å². The molecule has 1 N–H and O–H groups in total. The van der Waals surface area contributed by atoms with Gasteiger partial charge >= 0.3 is 0 Å². The van der Waals surface area contributed by atoms with Crippen LogP contribution in [0.1, 0.15) is 63.6 Å². The second-order valence-electron chi connectivity index (χ2n) is 11.8. The van der Waals surface area contributed by atoms with E-state index in [1.54, 1.807) is 0 Å². The van der Waals surface area contributed by atoms with Crippen molar-refractivity contribution in [3.8, 4) is 11.1 Å². The molecule has 0 saturated heterocycles. The van der Waals surface area contributed by atoms with E-state index in [2.05, 4.69) is 22.4 Å². The maximum atomic E-state index is 14.1. The number of aryl methyl sites for hydroxylation is 1. The molecule has 0 fully saturated rings. The number of ketones is 1. The third-order valence-corrected chi connectivity index (χ3v) is 6.99. The summed E-state index contributed by atoms with van der Waals surface area (Å²) in [6.07, 6.45) is 3.08. The summed E-state index contributed by atoms with van der Waals surface area (Å²) in [5.41, 5.74) is 4.42. The second-order valence-corrected chi connectivity index (χ2v) is 11.8. The summed E-state index contributed by atoms with van der Waals surface area (Å²) in [5, 5.41) is 2.88. The number of benzene rings is 3. The Hall–Kier alpha value is -3.74. The molecule has 1 unspecified atom stereocenters. The first-order chi connectivity index (χ1) is 18.9. The third-order valence-electron chi connectivity index (χ3n) is 6.99. The molecule has 0 spiro atoms. The molecule has 40 heavy (non-hydrogen) atoms. The number of aliphatic imine (C=N–C) groups is 1. The number of nitrogens with one attached hydrogen (secondary N) is 1. The SMILES string of the molecule is CC(=O)C(CCCc1ccc(-c2cccc(CC3=Nc4c(F)c(F)cc(F)c4C3)c2)cc1)NC(=O)CC(C)(C)C. The Balaban J connectivity index is 1.34. The molecule has 0 aromatic heterocycles. The van der Waals surface area contributed by atoms with Gasteiger partial charge in [0.25, 0.3) is 0 Å². The van der Waals surface area contributed by atoms with Gasteiger partial charge in [0, 0.05) is 36.6 Å². The summed E-state index contributed by atoms with van der Waals surface area (Å²) in [7, 11) is 0. The quantitative estimate of drug-likeness (QED) is 0.267. The van der Waals surface area contributed by atoms with Gasteiger partial charge in [0.05, 0.1) is 6.04 Å². The number of nitrogens with zero attached hydrogens (tertiary/aromatic N) is 1. The standard InChI is InChI=1S/C33H35F3N2O2/c1-20(39)29(38-30(40)19-33(2,3)4)10-6-7-21-11-13-23(14-12-21)24-9-5-8-22(15-24)16-25-17-26-27(34)18-28(35)31(36)32(26)37-25/h5,8-9,11-15,18,29H,6-7,10,16-17,19H2,1-4H3,(H,38,40). The van der Waals surface area contributed by atoms with Gasteiger partial charge in [0.2, 0.25) is 5.91 Å². The van der Waals surface area contributed by atoms with Crippen LogP contribution in [0.2, 0.25) is 0 Å². The molecule has 0 aliphatic carbocycles. The number of hydrogen-bond acceptors (Lipinski definition) is 3. The fourth-order valence-electron chi connectivity index (χ4n) is 4.98. The van der Waals surface area contributed by atoms with Gasteiger partial charge in [-0.2, -0.15) is 0 Å². The van der Waals surface area contributed by atoms with Crippen LogP contribution in [-0.4, -0.2) is 23.4 Å². The normalized spacial score (nSPS) is 13.5. The molecular weight excluding hydrogens is 513 g/mol. The monoisotopic (exact) mass is 548 g/mol. The molecule has 1 atom stereocenters. The molecule has 1 amide bonds. The van der Waals surface area contributed by atoms with Crippen LogP contribution in [0, 0.1) is 22.9 Å². The molecule has 1 heterocycles. The fraction of sp³-hybridized carbons (Fsp3) is 0.364. The average molecular weight is 549 g/mol. The molecular formula is C33H35F3N2O2. The minimum Gasteiger partial charge on any atom is -0.346 e. The highest BCUT2D eigenvalue weighted by Gasteiger charge is 2.25. The van der Waals surface area contributed by atoms with Crippen LogP contribution in [0.3, 0.4) is 0 Å². The van der Waals surface area contributed by atoms with E-state index in [0.29, 0.717) is 31.0 Å². The lowest BCUT2D eigenvalue weighted by atomic mass is 9.91. The van der Waals surface area contributed by atoms with E-state index < -0.39 is 23.5 Å². The van der Waals surface area contributed by atoms with Crippen molar-refractivity contribution in [3.05, 3.63) is 88.7 Å². The lowest BCUT2D eigenvalue weighted by Gasteiger charge is -2.21. The number of hydrogen-bond donors (Lipinski definition) is 1. The molecule has 0 radical (unpaired) electrons. The van der Waals surface area contributed by atoms with Gasteiger partial charge in [-0.1, -0.05) is 69.3 Å². The van der Waals surface area contributed by atoms with Crippen LogP contribution in [0.4, 0.5) is 18.9 Å². The summed E-state index contributed by atoms with van der Waals surface area (Å²) in [6, 6.07) is 16.2. The van der Waals surface area contributed by atoms with Gasteiger partial charge in [0.15, 0.2) is 17.4 Å². The highest BCUT2D eigenvalue weighted by molar-refractivity contribution is 5.95. The Morgan fingerprint density at radius 2 is 1.68 bits per heavy atom. The summed E-state index contributed by atoms with van der Waals surface area (Å²) >= 11 is 0. The maximum absolute atomic E-state index is 14.1. The Bertz CT molecular complexity index is 1440. The van der Waals surface area contributed by atoms with Gasteiger partial charge in [0.1, 0.15) is 11.5 Å². The van der Waals surface area contributed by atoms with Gasteiger partial charge in [-0.25, -0.2) is 13.2 Å². The van der Waals surface area contributed by atoms with Crippen LogP contribution in [0.25, 0.3) is 11.1 Å². The van der Waals surface area contributed by atoms with Crippen LogP contribution in [0.5, 0.6) is 0 Å². The van der Waals surface area contributed by atoms with E-state index in [-0.39, 0.29) is 34.8 Å². The maximum Gasteiger partial charge on any atom is 0.221 e. The second kappa shape index (κ2) is 12.2. The lowest BCUT2D eigenvalue weighted by Crippen LogP contribution is -2.41. The summed E-state index contributed by atoms with van der Waals surface area (Å²) < 4.78 is 41.8. The van der Waals surface area contributed by atoms with Crippen LogP contribution < -0.4 is 5.32 Å². The number of rotatable bonds is 10. The van der Waals surface area contributed by atoms with Gasteiger partial charge < -0.3 is 5.32 Å². The fourth-order valence-corrected chi connectivity index (χ4v) is 4.98. The summed E-state index contributed by atoms with van der Waals surface area (Å²) in [6.45, 7) is 7.49. The van der Waals surface area contributed by atoms with E-state index >= 15 is 0 Å². The highest BCUT2D eigenvalue weighted by atomic mass is 19.2. The zero-order valence-corrected chi connectivity index (χ0v) is 23.4. The molecule has 7 heteroatoms. The number of carbonyl (C=O) groups excluding carboxylic acids is 2. The summed E-state index contributed by atoms with van der Waals surface area (Å²) in [4.78, 5) is 28.5. The molecule has 4 nitrogen and oxygen atoms in total. The summed E-state index contributed by atoms with van der Waals surface area (Å²) in [5.74, 6) is -3.25. The first-order valence-electron chi connectivity index (χ1n) is 13.6. The van der Waals surface area contributed by atoms with Crippen molar-refractivity contribution in [1.29, 1.82) is 0 Å². The number of halogens is 3. The largest absolute Gasteiger partial charge is 0.346 e. The van der Waals surface area contributed by atoms with E-state index in [0.717, 1.165) is 35.1 Å². The Labute approximate surface area is 233 Å². The first kappa shape index (κ1) is 29.2. The van der Waals surface area contributed by atoms with Gasteiger partial charge in [-0.3, -0.25) is 14.6 Å². The van der Waals surface area contributed by atoms with E-state index in [9.17, 15) is 22.8 Å². The van der Waals surface area contributed by atoms with Crippen LogP contribution >= 0.6 is 0 Å². The zero-order chi connectivity index (χ0) is 29.0. The van der Waals surface area contributed by atoms with Crippen molar-refractivity contribution in [3.63, 3.8) is 0 Å². The van der Waals surface area contributed by atoms with Crippen molar-refractivity contribution in [2.45, 2.75) is 72.3 Å². The van der Waals surface area contributed by atoms with E-state index in [4.69, 9.17) is 0 Å². The van der Waals surface area contributed by atoms with Crippen molar-refractivity contribution in [2.75, 3.05) is 0 Å². The molecule has 3 aromatic rings. The first-order valence-corrected chi connectivity index (χ1v) is 13.6. The molecule has 1 aliphatic heterocycles. The van der Waals surface area contributed by atoms with Crippen molar-refractivity contribution < 1.29 is 22.8 Å². The Morgan fingerprint density at radius 1 is 0.950 bits per heavy atom. The lowest BCUT2D eigenvalue weighted by molar-refractivity contribution is -0.128. The van der Waals surface area contributed by atoms with E-state index in [1.807, 2.05) is 57.2 Å². The van der Waals surface area contributed by atoms with Gasteiger partial charge in [-0.05, 0) is 53.9 Å². The van der Waals surface area contributed by atoms with Crippen LogP contribution in [-0.2, 0) is 28.9 Å². The van der Waals surface area contributed by atoms with Crippen molar-refractivity contribution in [2.24, 2.45) is 10.4 Å². The molecule has 3 aromatic carbocycles. The Morgan fingerprint density at radius 3 is 2.35 bits per heavy atom. The number of Topliss-reactive ketones (excluding diaryl/α,β-unsaturated/α-hetero) is 1. The number of fused-ring (bicyclic) bond motifs is 1. The number of carbonyl (C=O) groups is 2. The number of amides is 1. The molecule has 1 aliphatic rings. The molecule has 210 valence electrons. The van der Waals surface area contributed by atoms with Crippen LogP contribution in [0.15, 0.2) is 59.6 Å². The molecule has 4 rings (SSSR count). The smallest absolute Gasteiger partial charge is 0.221 e. The Kier molecular flexibility index (Phi) is 8.92. The molecule has 0 saturated carbocycles. The highest BCUT2D eigenvalue weighted by Crippen LogP contribution is 2.34. The predicted molar refractivity (Wildman–Crippen MR) is 152 cm³/mol. The topological polar surface area (TPSA) is 58.5 Å². The minimum atomic E-state index is -1.23. The molecule has 0 bridgehead atoms. The minimum absolute atomic E-state index is 0.0348. The average Bonchev–Trinajstić information content (AvgIpc) is 3.31. The van der Waals surface area contributed by atoms with Crippen molar-refractivity contribution >= 4 is 23.1 Å². The van der Waals surface area contributed by atoms with Gasteiger partial charge in [-0.15, -0.1) is 0 Å². The van der Waals surface area contributed by atoms with E-state index in [1.165, 1.54) is 6.92 Å². The third kappa shape index (κ3) is 7.46.